The molecule has 0 aromatic rings. The summed E-state index contributed by atoms with van der Waals surface area (Å²) in [7, 11) is 0. The Morgan fingerprint density at radius 3 is 2.60 bits per heavy atom. The number of rotatable bonds is 5. The van der Waals surface area contributed by atoms with Crippen molar-refractivity contribution in [3.05, 3.63) is 34.9 Å². The van der Waals surface area contributed by atoms with Gasteiger partial charge in [0, 0.05) is 18.3 Å². The first-order valence-electron chi connectivity index (χ1n) is 11.5. The second kappa shape index (κ2) is 8.11. The number of fused-ring (bicyclic) bond motifs is 1. The second-order valence-corrected chi connectivity index (χ2v) is 10.8. The first kappa shape index (κ1) is 23.0. The van der Waals surface area contributed by atoms with E-state index in [9.17, 15) is 14.7 Å². The third-order valence-electron chi connectivity index (χ3n) is 7.64. The van der Waals surface area contributed by atoms with Crippen LogP contribution in [0.25, 0.3) is 0 Å². The molecule has 1 fully saturated rings. The van der Waals surface area contributed by atoms with Gasteiger partial charge in [0.15, 0.2) is 11.5 Å². The number of Topliss-reactive ketones (excluding diaryl/α,β-unsaturated/α-hetero) is 1. The Kier molecular flexibility index (Phi) is 6.21. The first-order chi connectivity index (χ1) is 13.9. The van der Waals surface area contributed by atoms with Gasteiger partial charge < -0.3 is 10.4 Å². The highest BCUT2D eigenvalue weighted by Gasteiger charge is 2.52. The Balaban J connectivity index is 2.06. The number of nitrogens with one attached hydrogen (secondary N) is 1. The van der Waals surface area contributed by atoms with E-state index in [2.05, 4.69) is 45.2 Å². The Morgan fingerprint density at radius 1 is 1.33 bits per heavy atom. The molecule has 1 aliphatic heterocycles. The molecule has 0 bridgehead atoms. The number of hydrogen-bond donors (Lipinski definition) is 2. The minimum Gasteiger partial charge on any atom is -0.367 e. The zero-order valence-electron chi connectivity index (χ0n) is 19.7. The lowest BCUT2D eigenvalue weighted by molar-refractivity contribution is -0.129. The van der Waals surface area contributed by atoms with Crippen LogP contribution in [0, 0.1) is 35.0 Å². The zero-order chi connectivity index (χ0) is 22.4. The van der Waals surface area contributed by atoms with Gasteiger partial charge in [0.05, 0.1) is 5.57 Å². The third-order valence-corrected chi connectivity index (χ3v) is 7.64. The van der Waals surface area contributed by atoms with Crippen molar-refractivity contribution in [2.45, 2.75) is 79.9 Å². The summed E-state index contributed by atoms with van der Waals surface area (Å²) in [5.74, 6) is 0.258. The van der Waals surface area contributed by atoms with E-state index in [4.69, 9.17) is 0 Å². The van der Waals surface area contributed by atoms with Crippen molar-refractivity contribution < 1.29 is 14.7 Å². The van der Waals surface area contributed by atoms with E-state index in [1.54, 1.807) is 0 Å². The largest absolute Gasteiger partial charge is 0.367 e. The summed E-state index contributed by atoms with van der Waals surface area (Å²) in [6, 6.07) is 0. The van der Waals surface area contributed by atoms with Gasteiger partial charge in [-0.05, 0) is 62.9 Å². The van der Waals surface area contributed by atoms with Gasteiger partial charge in [-0.25, -0.2) is 0 Å². The van der Waals surface area contributed by atoms with Gasteiger partial charge in [0.2, 0.25) is 0 Å². The Hall–Kier alpha value is -1.68. The summed E-state index contributed by atoms with van der Waals surface area (Å²) in [6.07, 6.45) is 9.58. The van der Waals surface area contributed by atoms with Crippen molar-refractivity contribution in [3.8, 4) is 0 Å². The fourth-order valence-corrected chi connectivity index (χ4v) is 6.53. The molecule has 0 unspecified atom stereocenters. The van der Waals surface area contributed by atoms with Crippen LogP contribution in [0.1, 0.15) is 74.1 Å². The number of amides is 1. The Labute approximate surface area is 181 Å². The smallest absolute Gasteiger partial charge is 0.257 e. The summed E-state index contributed by atoms with van der Waals surface area (Å²) >= 11 is 0. The van der Waals surface area contributed by atoms with Gasteiger partial charge in [-0.2, -0.15) is 0 Å². The maximum atomic E-state index is 13.9. The fraction of sp³-hybridized carbons (Fsp3) is 0.692. The molecule has 0 saturated heterocycles. The number of allylic oxidation sites excluding steroid dienone is 4. The minimum absolute atomic E-state index is 0.0153. The van der Waals surface area contributed by atoms with Crippen LogP contribution in [-0.2, 0) is 9.59 Å². The Morgan fingerprint density at radius 2 is 2.00 bits per heavy atom. The molecule has 2 N–H and O–H groups in total. The molecule has 6 atom stereocenters. The topological polar surface area (TPSA) is 66.4 Å². The summed E-state index contributed by atoms with van der Waals surface area (Å²) in [6.45, 7) is 14.8. The van der Waals surface area contributed by atoms with Crippen LogP contribution in [0.2, 0.25) is 0 Å². The molecule has 3 rings (SSSR count). The highest BCUT2D eigenvalue weighted by atomic mass is 16.3. The third kappa shape index (κ3) is 4.08. The Bertz CT molecular complexity index is 820. The molecule has 1 heterocycles. The maximum absolute atomic E-state index is 13.9. The van der Waals surface area contributed by atoms with E-state index in [-0.39, 0.29) is 40.4 Å². The van der Waals surface area contributed by atoms with Gasteiger partial charge >= 0.3 is 0 Å². The number of aliphatic hydroxyl groups is 1. The van der Waals surface area contributed by atoms with Crippen LogP contribution >= 0.6 is 0 Å². The van der Waals surface area contributed by atoms with Crippen LogP contribution < -0.4 is 5.32 Å². The molecule has 0 radical (unpaired) electrons. The lowest BCUT2D eigenvalue weighted by atomic mass is 9.52. The summed E-state index contributed by atoms with van der Waals surface area (Å²) in [5.41, 5.74) is 1.10. The number of carbonyl (C=O) groups is 2. The van der Waals surface area contributed by atoms with Gasteiger partial charge in [-0.15, -0.1) is 0 Å². The van der Waals surface area contributed by atoms with E-state index < -0.39 is 11.6 Å². The molecule has 2 aliphatic carbocycles. The van der Waals surface area contributed by atoms with Gasteiger partial charge in [0.1, 0.15) is 0 Å². The molecule has 0 spiro atoms. The highest BCUT2D eigenvalue weighted by molar-refractivity contribution is 6.22. The van der Waals surface area contributed by atoms with Crippen LogP contribution in [0.4, 0.5) is 0 Å². The molecule has 0 aromatic carbocycles. The summed E-state index contributed by atoms with van der Waals surface area (Å²) in [4.78, 5) is 26.7. The molecule has 166 valence electrons. The molecule has 30 heavy (non-hydrogen) atoms. The first-order valence-corrected chi connectivity index (χ1v) is 11.5. The van der Waals surface area contributed by atoms with Crippen LogP contribution in [0.15, 0.2) is 34.9 Å². The minimum atomic E-state index is -1.43. The zero-order valence-corrected chi connectivity index (χ0v) is 19.7. The predicted octanol–water partition coefficient (Wildman–Crippen LogP) is 4.95. The average Bonchev–Trinajstić information content (AvgIpc) is 2.91. The van der Waals surface area contributed by atoms with Crippen LogP contribution in [-0.4, -0.2) is 22.5 Å². The van der Waals surface area contributed by atoms with E-state index in [1.165, 1.54) is 17.2 Å². The molecule has 0 aromatic heterocycles. The molecule has 4 nitrogen and oxygen atoms in total. The van der Waals surface area contributed by atoms with E-state index in [1.807, 2.05) is 20.8 Å². The monoisotopic (exact) mass is 413 g/mol. The lowest BCUT2D eigenvalue weighted by Crippen LogP contribution is -2.48. The van der Waals surface area contributed by atoms with E-state index in [0.717, 1.165) is 19.3 Å². The molecule has 4 heteroatoms. The van der Waals surface area contributed by atoms with Crippen molar-refractivity contribution in [1.82, 2.24) is 5.32 Å². The van der Waals surface area contributed by atoms with Crippen molar-refractivity contribution in [2.24, 2.45) is 35.0 Å². The molecule has 1 amide bonds. The van der Waals surface area contributed by atoms with E-state index in [0.29, 0.717) is 12.3 Å². The number of ketones is 1. The van der Waals surface area contributed by atoms with Crippen molar-refractivity contribution in [1.29, 1.82) is 0 Å². The van der Waals surface area contributed by atoms with Crippen LogP contribution in [0.3, 0.4) is 0 Å². The van der Waals surface area contributed by atoms with Gasteiger partial charge in [-0.1, -0.05) is 57.4 Å². The average molecular weight is 414 g/mol. The normalized spacial score (nSPS) is 39.4. The van der Waals surface area contributed by atoms with Gasteiger partial charge in [0.25, 0.3) is 5.91 Å². The summed E-state index contributed by atoms with van der Waals surface area (Å²) < 4.78 is 0. The fourth-order valence-electron chi connectivity index (χ4n) is 6.53. The standard InChI is InChI=1S/C26H39NO3/c1-8-17(5)21-18(6)13-25(7)12-16(4)9-10-20(25)22(21)23(28)19-14-26(30,11-15(2)3)27-24(19)29/h8,13-16,20-22,30H,9-12H2,1-7H3,(H,27,29)/t16-,20+,21-,22+,25+,26+/m0/s1. The molecular formula is C26H39NO3. The molecule has 3 aliphatic rings. The van der Waals surface area contributed by atoms with Crippen LogP contribution in [0.5, 0.6) is 0 Å². The number of hydrogen-bond acceptors (Lipinski definition) is 3. The van der Waals surface area contributed by atoms with E-state index >= 15 is 0 Å². The van der Waals surface area contributed by atoms with Crippen molar-refractivity contribution in [2.75, 3.05) is 0 Å². The maximum Gasteiger partial charge on any atom is 0.257 e. The van der Waals surface area contributed by atoms with Gasteiger partial charge in [-0.3, -0.25) is 9.59 Å². The quantitative estimate of drug-likeness (QED) is 0.495. The second-order valence-electron chi connectivity index (χ2n) is 10.8. The SMILES string of the molecule is CC=C(C)[C@H]1C(C)=C[C@@]2(C)C[C@@H](C)CC[C@@H]2[C@H]1C(=O)C1=C[C@](O)(CC(C)C)NC1=O. The predicted molar refractivity (Wildman–Crippen MR) is 120 cm³/mol. The lowest BCUT2D eigenvalue weighted by Gasteiger charge is -2.52. The number of carbonyl (C=O) groups excluding carboxylic acids is 2. The summed E-state index contributed by atoms with van der Waals surface area (Å²) in [5, 5.41) is 13.5. The molecular weight excluding hydrogens is 374 g/mol. The highest BCUT2D eigenvalue weighted by Crippen LogP contribution is 2.56. The van der Waals surface area contributed by atoms with Crippen molar-refractivity contribution >= 4 is 11.7 Å². The van der Waals surface area contributed by atoms with Crippen molar-refractivity contribution in [3.63, 3.8) is 0 Å². The molecule has 1 saturated carbocycles.